The molecule has 0 atom stereocenters. The van der Waals surface area contributed by atoms with Gasteiger partial charge in [0.15, 0.2) is 0 Å². The number of rotatable bonds is 5. The number of nitrogens with zero attached hydrogens (tertiary/aromatic N) is 1. The molecular formula is C24H19N5O. The Balaban J connectivity index is 1.37. The minimum Gasteiger partial charge on any atom is -0.457 e. The van der Waals surface area contributed by atoms with E-state index in [2.05, 4.69) is 39.2 Å². The molecule has 6 nitrogen and oxygen atoms in total. The Morgan fingerprint density at radius 2 is 1.57 bits per heavy atom. The van der Waals surface area contributed by atoms with Gasteiger partial charge in [0.2, 0.25) is 0 Å². The second-order valence-corrected chi connectivity index (χ2v) is 6.99. The van der Waals surface area contributed by atoms with E-state index in [0.717, 1.165) is 39.3 Å². The molecule has 0 aliphatic carbocycles. The van der Waals surface area contributed by atoms with Gasteiger partial charge < -0.3 is 20.4 Å². The van der Waals surface area contributed by atoms with Crippen molar-refractivity contribution >= 4 is 16.7 Å². The van der Waals surface area contributed by atoms with Crippen LogP contribution in [0.2, 0.25) is 0 Å². The number of imidazole rings is 1. The molecule has 146 valence electrons. The fourth-order valence-corrected chi connectivity index (χ4v) is 3.40. The molecule has 5 rings (SSSR count). The molecule has 0 amide bonds. The van der Waals surface area contributed by atoms with E-state index in [4.69, 9.17) is 15.9 Å². The maximum atomic E-state index is 7.45. The number of aromatic amines is 2. The van der Waals surface area contributed by atoms with Crippen molar-refractivity contribution in [1.29, 1.82) is 5.41 Å². The van der Waals surface area contributed by atoms with E-state index in [1.807, 2.05) is 30.5 Å². The Labute approximate surface area is 172 Å². The lowest BCUT2D eigenvalue weighted by Gasteiger charge is -2.07. The van der Waals surface area contributed by atoms with Crippen molar-refractivity contribution in [1.82, 2.24) is 15.0 Å². The molecule has 30 heavy (non-hydrogen) atoms. The minimum atomic E-state index is 0.0421. The third-order valence-corrected chi connectivity index (χ3v) is 4.96. The summed E-state index contributed by atoms with van der Waals surface area (Å²) in [4.78, 5) is 10.9. The summed E-state index contributed by atoms with van der Waals surface area (Å²) in [5.41, 5.74) is 10.4. The van der Waals surface area contributed by atoms with Gasteiger partial charge in [0, 0.05) is 40.1 Å². The van der Waals surface area contributed by atoms with E-state index in [9.17, 15) is 0 Å². The highest BCUT2D eigenvalue weighted by Crippen LogP contribution is 2.29. The number of fused-ring (bicyclic) bond motifs is 1. The van der Waals surface area contributed by atoms with Crippen molar-refractivity contribution in [2.24, 2.45) is 5.73 Å². The zero-order valence-corrected chi connectivity index (χ0v) is 16.0. The van der Waals surface area contributed by atoms with Crippen LogP contribution in [0.4, 0.5) is 0 Å². The molecule has 0 bridgehead atoms. The third-order valence-electron chi connectivity index (χ3n) is 4.96. The lowest BCUT2D eigenvalue weighted by Crippen LogP contribution is -2.10. The second kappa shape index (κ2) is 7.25. The molecule has 0 saturated carbocycles. The summed E-state index contributed by atoms with van der Waals surface area (Å²) >= 11 is 0. The zero-order chi connectivity index (χ0) is 20.5. The summed E-state index contributed by atoms with van der Waals surface area (Å²) in [5, 5.41) is 8.58. The molecule has 0 aliphatic rings. The zero-order valence-electron chi connectivity index (χ0n) is 16.0. The number of aromatic nitrogens is 3. The lowest BCUT2D eigenvalue weighted by molar-refractivity contribution is 0.483. The van der Waals surface area contributed by atoms with Crippen molar-refractivity contribution in [3.63, 3.8) is 0 Å². The Bertz CT molecular complexity index is 1320. The standard InChI is InChI=1S/C24H19N5O/c25-23(26)16-3-8-20(9-4-16)30-19-6-1-15(2-7-19)22-14-18-13-17(5-10-21(18)29-22)24-27-11-12-28-24/h1-14,29H,(H3,25,26)(H,27,28). The van der Waals surface area contributed by atoms with Gasteiger partial charge in [-0.1, -0.05) is 0 Å². The fraction of sp³-hybridized carbons (Fsp3) is 0. The first-order chi connectivity index (χ1) is 14.7. The van der Waals surface area contributed by atoms with Gasteiger partial charge in [-0.25, -0.2) is 4.98 Å². The number of amidine groups is 1. The van der Waals surface area contributed by atoms with Crippen LogP contribution in [-0.2, 0) is 0 Å². The molecule has 0 radical (unpaired) electrons. The molecule has 6 heteroatoms. The van der Waals surface area contributed by atoms with Gasteiger partial charge in [-0.3, -0.25) is 5.41 Å². The highest BCUT2D eigenvalue weighted by Gasteiger charge is 2.07. The number of nitrogen functional groups attached to an aromatic ring is 1. The fourth-order valence-electron chi connectivity index (χ4n) is 3.40. The second-order valence-electron chi connectivity index (χ2n) is 6.99. The molecule has 0 unspecified atom stereocenters. The molecule has 0 spiro atoms. The van der Waals surface area contributed by atoms with Crippen LogP contribution in [0.5, 0.6) is 11.5 Å². The van der Waals surface area contributed by atoms with Crippen LogP contribution in [0, 0.1) is 5.41 Å². The topological polar surface area (TPSA) is 104 Å². The molecule has 0 saturated heterocycles. The number of H-pyrrole nitrogens is 2. The van der Waals surface area contributed by atoms with E-state index >= 15 is 0 Å². The average Bonchev–Trinajstić information content (AvgIpc) is 3.44. The molecule has 5 N–H and O–H groups in total. The maximum Gasteiger partial charge on any atom is 0.137 e. The molecular weight excluding hydrogens is 374 g/mol. The van der Waals surface area contributed by atoms with Gasteiger partial charge in [-0.15, -0.1) is 0 Å². The van der Waals surface area contributed by atoms with Gasteiger partial charge >= 0.3 is 0 Å². The van der Waals surface area contributed by atoms with E-state index in [0.29, 0.717) is 11.3 Å². The maximum absolute atomic E-state index is 7.45. The van der Waals surface area contributed by atoms with Crippen molar-refractivity contribution in [3.8, 4) is 34.1 Å². The van der Waals surface area contributed by atoms with Crippen LogP contribution in [0.15, 0.2) is 85.2 Å². The third kappa shape index (κ3) is 3.42. The Hall–Kier alpha value is -4.32. The number of benzene rings is 3. The van der Waals surface area contributed by atoms with Crippen molar-refractivity contribution in [3.05, 3.63) is 90.8 Å². The van der Waals surface area contributed by atoms with E-state index in [-0.39, 0.29) is 5.84 Å². The first kappa shape index (κ1) is 17.8. The van der Waals surface area contributed by atoms with Crippen LogP contribution >= 0.6 is 0 Å². The smallest absolute Gasteiger partial charge is 0.137 e. The van der Waals surface area contributed by atoms with Gasteiger partial charge in [0.1, 0.15) is 23.2 Å². The largest absolute Gasteiger partial charge is 0.457 e. The van der Waals surface area contributed by atoms with Crippen molar-refractivity contribution in [2.75, 3.05) is 0 Å². The number of nitrogens with two attached hydrogens (primary N) is 1. The van der Waals surface area contributed by atoms with Crippen LogP contribution in [-0.4, -0.2) is 20.8 Å². The number of ether oxygens (including phenoxy) is 1. The Kier molecular flexibility index (Phi) is 4.29. The van der Waals surface area contributed by atoms with Gasteiger partial charge in [0.25, 0.3) is 0 Å². The average molecular weight is 393 g/mol. The van der Waals surface area contributed by atoms with E-state index in [1.54, 1.807) is 30.5 Å². The Morgan fingerprint density at radius 3 is 2.23 bits per heavy atom. The molecule has 0 aliphatic heterocycles. The molecule has 5 aromatic rings. The minimum absolute atomic E-state index is 0.0421. The number of hydrogen-bond donors (Lipinski definition) is 4. The summed E-state index contributed by atoms with van der Waals surface area (Å²) in [6.45, 7) is 0. The highest BCUT2D eigenvalue weighted by atomic mass is 16.5. The van der Waals surface area contributed by atoms with E-state index in [1.165, 1.54) is 0 Å². The number of nitrogens with one attached hydrogen (secondary N) is 3. The lowest BCUT2D eigenvalue weighted by atomic mass is 10.1. The van der Waals surface area contributed by atoms with E-state index < -0.39 is 0 Å². The monoisotopic (exact) mass is 393 g/mol. The molecule has 3 aromatic carbocycles. The summed E-state index contributed by atoms with van der Waals surface area (Å²) in [5.74, 6) is 2.34. The predicted molar refractivity (Wildman–Crippen MR) is 119 cm³/mol. The summed E-state index contributed by atoms with van der Waals surface area (Å²) in [6.07, 6.45) is 3.58. The SMILES string of the molecule is N=C(N)c1ccc(Oc2ccc(-c3cc4cc(-c5ncc[nH]5)ccc4[nH]3)cc2)cc1. The molecule has 0 fully saturated rings. The van der Waals surface area contributed by atoms with Gasteiger partial charge in [-0.05, 0) is 78.4 Å². The van der Waals surface area contributed by atoms with Gasteiger partial charge in [-0.2, -0.15) is 0 Å². The van der Waals surface area contributed by atoms with Crippen LogP contribution in [0.1, 0.15) is 5.56 Å². The molecule has 2 heterocycles. The normalized spacial score (nSPS) is 10.9. The summed E-state index contributed by atoms with van der Waals surface area (Å²) in [6, 6.07) is 23.5. The number of hydrogen-bond acceptors (Lipinski definition) is 3. The van der Waals surface area contributed by atoms with Gasteiger partial charge in [0.05, 0.1) is 0 Å². The first-order valence-corrected chi connectivity index (χ1v) is 9.51. The summed E-state index contributed by atoms with van der Waals surface area (Å²) < 4.78 is 5.89. The van der Waals surface area contributed by atoms with Crippen molar-refractivity contribution in [2.45, 2.75) is 0 Å². The quantitative estimate of drug-likeness (QED) is 0.240. The Morgan fingerprint density at radius 1 is 0.867 bits per heavy atom. The first-order valence-electron chi connectivity index (χ1n) is 9.51. The predicted octanol–water partition coefficient (Wildman–Crippen LogP) is 5.30. The van der Waals surface area contributed by atoms with Crippen molar-refractivity contribution < 1.29 is 4.74 Å². The summed E-state index contributed by atoms with van der Waals surface area (Å²) in [7, 11) is 0. The van der Waals surface area contributed by atoms with Crippen LogP contribution < -0.4 is 10.5 Å². The van der Waals surface area contributed by atoms with Crippen LogP contribution in [0.3, 0.4) is 0 Å². The van der Waals surface area contributed by atoms with Crippen LogP contribution in [0.25, 0.3) is 33.5 Å². The highest BCUT2D eigenvalue weighted by molar-refractivity contribution is 5.95. The molecule has 2 aromatic heterocycles.